The van der Waals surface area contributed by atoms with Crippen LogP contribution in [0.4, 0.5) is 5.69 Å². The summed E-state index contributed by atoms with van der Waals surface area (Å²) in [5.41, 5.74) is 1.31. The van der Waals surface area contributed by atoms with Gasteiger partial charge >= 0.3 is 0 Å². The summed E-state index contributed by atoms with van der Waals surface area (Å²) in [6.07, 6.45) is 10.1. The van der Waals surface area contributed by atoms with Crippen LogP contribution in [-0.4, -0.2) is 6.04 Å². The summed E-state index contributed by atoms with van der Waals surface area (Å²) in [7, 11) is 0. The second-order valence-electron chi connectivity index (χ2n) is 6.63. The van der Waals surface area contributed by atoms with Crippen LogP contribution in [0.5, 0.6) is 0 Å². The zero-order valence-corrected chi connectivity index (χ0v) is 12.8. The zero-order valence-electron chi connectivity index (χ0n) is 12.0. The molecule has 1 N–H and O–H groups in total. The number of anilines is 1. The Morgan fingerprint density at radius 1 is 0.950 bits per heavy atom. The van der Waals surface area contributed by atoms with Crippen LogP contribution in [0.25, 0.3) is 10.1 Å². The van der Waals surface area contributed by atoms with Gasteiger partial charge in [-0.3, -0.25) is 0 Å². The minimum Gasteiger partial charge on any atom is -0.382 e. The van der Waals surface area contributed by atoms with Crippen LogP contribution in [0.1, 0.15) is 44.9 Å². The van der Waals surface area contributed by atoms with E-state index in [-0.39, 0.29) is 0 Å². The molecule has 3 unspecified atom stereocenters. The van der Waals surface area contributed by atoms with Crippen molar-refractivity contribution in [2.24, 2.45) is 11.8 Å². The van der Waals surface area contributed by atoms with E-state index in [1.807, 2.05) is 11.3 Å². The number of nitrogens with one attached hydrogen (secondary N) is 1. The molecule has 1 nitrogen and oxygen atoms in total. The monoisotopic (exact) mass is 285 g/mol. The molecule has 0 aliphatic heterocycles. The van der Waals surface area contributed by atoms with Crippen molar-refractivity contribution >= 4 is 27.1 Å². The molecule has 2 aliphatic carbocycles. The van der Waals surface area contributed by atoms with E-state index in [0.29, 0.717) is 6.04 Å². The summed E-state index contributed by atoms with van der Waals surface area (Å²) in [6.45, 7) is 0. The van der Waals surface area contributed by atoms with Gasteiger partial charge in [0.25, 0.3) is 0 Å². The number of fused-ring (bicyclic) bond motifs is 2. The van der Waals surface area contributed by atoms with Gasteiger partial charge in [0.05, 0.1) is 0 Å². The lowest BCUT2D eigenvalue weighted by molar-refractivity contribution is 0.162. The van der Waals surface area contributed by atoms with Crippen molar-refractivity contribution in [2.75, 3.05) is 5.32 Å². The van der Waals surface area contributed by atoms with Crippen molar-refractivity contribution in [2.45, 2.75) is 51.0 Å². The number of hydrogen-bond donors (Lipinski definition) is 1. The molecule has 0 bridgehead atoms. The van der Waals surface area contributed by atoms with Gasteiger partial charge in [0.15, 0.2) is 0 Å². The molecule has 2 aliphatic rings. The van der Waals surface area contributed by atoms with Gasteiger partial charge in [-0.1, -0.05) is 25.7 Å². The normalized spacial score (nSPS) is 30.1. The van der Waals surface area contributed by atoms with E-state index < -0.39 is 0 Å². The van der Waals surface area contributed by atoms with Gasteiger partial charge in [-0.15, -0.1) is 11.3 Å². The summed E-state index contributed by atoms with van der Waals surface area (Å²) in [5.74, 6) is 2.04. The summed E-state index contributed by atoms with van der Waals surface area (Å²) >= 11 is 1.83. The van der Waals surface area contributed by atoms with Gasteiger partial charge in [0, 0.05) is 16.4 Å². The largest absolute Gasteiger partial charge is 0.382 e. The van der Waals surface area contributed by atoms with Crippen LogP contribution in [0.3, 0.4) is 0 Å². The van der Waals surface area contributed by atoms with Gasteiger partial charge in [-0.25, -0.2) is 0 Å². The molecule has 0 radical (unpaired) electrons. The average Bonchev–Trinajstić information content (AvgIpc) is 2.95. The number of benzene rings is 1. The second-order valence-corrected chi connectivity index (χ2v) is 7.58. The molecule has 0 amide bonds. The highest BCUT2D eigenvalue weighted by Gasteiger charge is 2.31. The maximum Gasteiger partial charge on any atom is 0.0349 e. The molecule has 3 atom stereocenters. The predicted molar refractivity (Wildman–Crippen MR) is 88.5 cm³/mol. The fourth-order valence-electron chi connectivity index (χ4n) is 4.30. The summed E-state index contributed by atoms with van der Waals surface area (Å²) in [4.78, 5) is 0. The molecule has 1 aromatic heterocycles. The number of rotatable bonds is 2. The van der Waals surface area contributed by atoms with E-state index in [1.165, 1.54) is 60.7 Å². The molecule has 20 heavy (non-hydrogen) atoms. The highest BCUT2D eigenvalue weighted by molar-refractivity contribution is 7.17. The van der Waals surface area contributed by atoms with Crippen LogP contribution < -0.4 is 5.32 Å². The third kappa shape index (κ3) is 2.46. The minimum atomic E-state index is 0.699. The topological polar surface area (TPSA) is 12.0 Å². The standard InChI is InChI=1S/C18H23NS/c1-2-4-14-11-16(6-5-13(14)3-1)19-17-7-8-18-15(12-17)9-10-20-18/h7-10,12-14,16,19H,1-6,11H2. The van der Waals surface area contributed by atoms with Gasteiger partial charge in [0.1, 0.15) is 0 Å². The van der Waals surface area contributed by atoms with Crippen molar-refractivity contribution in [3.63, 3.8) is 0 Å². The molecule has 2 saturated carbocycles. The zero-order chi connectivity index (χ0) is 13.4. The Balaban J connectivity index is 1.45. The number of thiophene rings is 1. The quantitative estimate of drug-likeness (QED) is 0.749. The summed E-state index contributed by atoms with van der Waals surface area (Å²) in [5, 5.41) is 7.36. The van der Waals surface area contributed by atoms with Crippen molar-refractivity contribution < 1.29 is 0 Å². The molecule has 2 fully saturated rings. The third-order valence-electron chi connectivity index (χ3n) is 5.36. The van der Waals surface area contributed by atoms with E-state index in [1.54, 1.807) is 0 Å². The SMILES string of the molecule is c1cc2cc(NC3CCC4CCCCC4C3)ccc2s1. The molecule has 1 aromatic carbocycles. The Morgan fingerprint density at radius 2 is 1.85 bits per heavy atom. The van der Waals surface area contributed by atoms with E-state index in [0.717, 1.165) is 11.8 Å². The Labute approximate surface area is 125 Å². The molecule has 4 rings (SSSR count). The lowest BCUT2D eigenvalue weighted by atomic mass is 9.69. The van der Waals surface area contributed by atoms with Crippen molar-refractivity contribution in [1.82, 2.24) is 0 Å². The van der Waals surface area contributed by atoms with E-state index in [4.69, 9.17) is 0 Å². The smallest absolute Gasteiger partial charge is 0.0349 e. The first kappa shape index (κ1) is 12.7. The number of hydrogen-bond acceptors (Lipinski definition) is 2. The molecule has 2 aromatic rings. The Bertz CT molecular complexity index is 588. The lowest BCUT2D eigenvalue weighted by Crippen LogP contribution is -2.34. The Hall–Kier alpha value is -1.02. The van der Waals surface area contributed by atoms with Crippen LogP contribution >= 0.6 is 11.3 Å². The van der Waals surface area contributed by atoms with Crippen molar-refractivity contribution in [1.29, 1.82) is 0 Å². The fraction of sp³-hybridized carbons (Fsp3) is 0.556. The van der Waals surface area contributed by atoms with Crippen LogP contribution in [-0.2, 0) is 0 Å². The molecule has 106 valence electrons. The molecular weight excluding hydrogens is 262 g/mol. The van der Waals surface area contributed by atoms with Crippen LogP contribution in [0, 0.1) is 11.8 Å². The van der Waals surface area contributed by atoms with Gasteiger partial charge in [0.2, 0.25) is 0 Å². The molecular formula is C18H23NS. The summed E-state index contributed by atoms with van der Waals surface area (Å²) in [6, 6.07) is 9.76. The van der Waals surface area contributed by atoms with Gasteiger partial charge in [-0.2, -0.15) is 0 Å². The second kappa shape index (κ2) is 5.40. The van der Waals surface area contributed by atoms with E-state index in [2.05, 4.69) is 35.0 Å². The first-order chi connectivity index (χ1) is 9.88. The first-order valence-corrected chi connectivity index (χ1v) is 9.00. The van der Waals surface area contributed by atoms with Gasteiger partial charge in [-0.05, 0) is 66.1 Å². The molecule has 2 heteroatoms. The maximum atomic E-state index is 3.80. The highest BCUT2D eigenvalue weighted by atomic mass is 32.1. The van der Waals surface area contributed by atoms with Crippen molar-refractivity contribution in [3.05, 3.63) is 29.6 Å². The minimum absolute atomic E-state index is 0.699. The Morgan fingerprint density at radius 3 is 2.80 bits per heavy atom. The third-order valence-corrected chi connectivity index (χ3v) is 6.26. The first-order valence-electron chi connectivity index (χ1n) is 8.12. The van der Waals surface area contributed by atoms with Crippen molar-refractivity contribution in [3.8, 4) is 0 Å². The van der Waals surface area contributed by atoms with Gasteiger partial charge < -0.3 is 5.32 Å². The highest BCUT2D eigenvalue weighted by Crippen LogP contribution is 2.41. The molecule has 1 heterocycles. The predicted octanol–water partition coefficient (Wildman–Crippen LogP) is 5.67. The lowest BCUT2D eigenvalue weighted by Gasteiger charge is -2.39. The average molecular weight is 285 g/mol. The van der Waals surface area contributed by atoms with Crippen LogP contribution in [0.15, 0.2) is 29.6 Å². The van der Waals surface area contributed by atoms with Crippen LogP contribution in [0.2, 0.25) is 0 Å². The maximum absolute atomic E-state index is 3.80. The molecule has 0 spiro atoms. The summed E-state index contributed by atoms with van der Waals surface area (Å²) < 4.78 is 1.39. The van der Waals surface area contributed by atoms with E-state index in [9.17, 15) is 0 Å². The molecule has 0 saturated heterocycles. The fourth-order valence-corrected chi connectivity index (χ4v) is 5.07. The van der Waals surface area contributed by atoms with E-state index >= 15 is 0 Å². The Kier molecular flexibility index (Phi) is 3.43.